The molecule has 0 aliphatic rings. The number of benzene rings is 3. The maximum Gasteiger partial charge on any atom is 0.330 e. The van der Waals surface area contributed by atoms with E-state index in [2.05, 4.69) is 66.9 Å². The van der Waals surface area contributed by atoms with Gasteiger partial charge in [-0.05, 0) is 47.9 Å². The van der Waals surface area contributed by atoms with Crippen LogP contribution in [0.1, 0.15) is 12.5 Å². The van der Waals surface area contributed by atoms with Crippen molar-refractivity contribution in [3.05, 3.63) is 97.1 Å². The fourth-order valence-electron chi connectivity index (χ4n) is 2.96. The van der Waals surface area contributed by atoms with Gasteiger partial charge in [0.2, 0.25) is 0 Å². The van der Waals surface area contributed by atoms with E-state index in [0.717, 1.165) is 23.5 Å². The lowest BCUT2D eigenvalue weighted by molar-refractivity contribution is -0.138. The largest absolute Gasteiger partial charge is 0.458 e. The lowest BCUT2D eigenvalue weighted by Gasteiger charge is -2.24. The smallest absolute Gasteiger partial charge is 0.330 e. The average molecular weight is 357 g/mol. The standard InChI is InChI=1S/C24H23NO2/c1-3-24(26)27-18-19-10-14-22(15-11-19)25(4-2)23-16-12-21(13-17-23)20-8-6-5-7-9-20/h3,5-17H,1,4,18H2,2H3. The zero-order valence-corrected chi connectivity index (χ0v) is 15.5. The van der Waals surface area contributed by atoms with Crippen molar-refractivity contribution in [3.63, 3.8) is 0 Å². The Hall–Kier alpha value is -3.33. The SMILES string of the molecule is C=CC(=O)OCc1ccc(N(CC)c2ccc(-c3ccccc3)cc2)cc1. The van der Waals surface area contributed by atoms with Crippen molar-refractivity contribution in [2.45, 2.75) is 13.5 Å². The van der Waals surface area contributed by atoms with Crippen LogP contribution in [0, 0.1) is 0 Å². The summed E-state index contributed by atoms with van der Waals surface area (Å²) in [6.45, 7) is 6.64. The Morgan fingerprint density at radius 3 is 2.00 bits per heavy atom. The molecule has 0 saturated heterocycles. The van der Waals surface area contributed by atoms with Gasteiger partial charge in [-0.15, -0.1) is 0 Å². The Kier molecular flexibility index (Phi) is 6.06. The number of rotatable bonds is 7. The minimum atomic E-state index is -0.409. The maximum atomic E-state index is 11.2. The van der Waals surface area contributed by atoms with E-state index in [0.29, 0.717) is 0 Å². The predicted octanol–water partition coefficient (Wildman–Crippen LogP) is 5.74. The summed E-state index contributed by atoms with van der Waals surface area (Å²) in [7, 11) is 0. The van der Waals surface area contributed by atoms with E-state index in [-0.39, 0.29) is 6.61 Å². The molecule has 0 spiro atoms. The predicted molar refractivity (Wildman–Crippen MR) is 111 cm³/mol. The van der Waals surface area contributed by atoms with Crippen LogP contribution < -0.4 is 4.90 Å². The summed E-state index contributed by atoms with van der Waals surface area (Å²) in [6, 6.07) is 27.0. The third-order valence-electron chi connectivity index (χ3n) is 4.40. The van der Waals surface area contributed by atoms with E-state index in [1.807, 2.05) is 30.3 Å². The second-order valence-corrected chi connectivity index (χ2v) is 6.14. The molecule has 0 aliphatic carbocycles. The highest BCUT2D eigenvalue weighted by molar-refractivity contribution is 5.81. The summed E-state index contributed by atoms with van der Waals surface area (Å²) < 4.78 is 5.07. The van der Waals surface area contributed by atoms with Gasteiger partial charge in [-0.25, -0.2) is 4.79 Å². The molecule has 0 N–H and O–H groups in total. The lowest BCUT2D eigenvalue weighted by Crippen LogP contribution is -2.15. The molecule has 3 heteroatoms. The van der Waals surface area contributed by atoms with Crippen LogP contribution in [-0.2, 0) is 16.1 Å². The average Bonchev–Trinajstić information content (AvgIpc) is 2.74. The fraction of sp³-hybridized carbons (Fsp3) is 0.125. The van der Waals surface area contributed by atoms with Gasteiger partial charge in [0.1, 0.15) is 6.61 Å². The van der Waals surface area contributed by atoms with E-state index in [1.165, 1.54) is 17.2 Å². The molecule has 0 aromatic heterocycles. The second-order valence-electron chi connectivity index (χ2n) is 6.14. The Labute approximate surface area is 160 Å². The minimum absolute atomic E-state index is 0.253. The molecule has 3 nitrogen and oxygen atoms in total. The molecule has 0 bridgehead atoms. The molecule has 0 unspecified atom stereocenters. The van der Waals surface area contributed by atoms with Gasteiger partial charge in [0.15, 0.2) is 0 Å². The van der Waals surface area contributed by atoms with E-state index in [4.69, 9.17) is 4.74 Å². The molecule has 27 heavy (non-hydrogen) atoms. The summed E-state index contributed by atoms with van der Waals surface area (Å²) in [6.07, 6.45) is 1.17. The van der Waals surface area contributed by atoms with Gasteiger partial charge in [-0.1, -0.05) is 61.2 Å². The number of carbonyl (C=O) groups is 1. The van der Waals surface area contributed by atoms with E-state index >= 15 is 0 Å². The van der Waals surface area contributed by atoms with Crippen LogP contribution in [0.2, 0.25) is 0 Å². The lowest BCUT2D eigenvalue weighted by atomic mass is 10.1. The van der Waals surface area contributed by atoms with Crippen LogP contribution >= 0.6 is 0 Å². The summed E-state index contributed by atoms with van der Waals surface area (Å²) in [5.41, 5.74) is 5.61. The van der Waals surface area contributed by atoms with Crippen molar-refractivity contribution >= 4 is 17.3 Å². The quantitative estimate of drug-likeness (QED) is 0.399. The van der Waals surface area contributed by atoms with Crippen molar-refractivity contribution in [3.8, 4) is 11.1 Å². The molecule has 0 amide bonds. The van der Waals surface area contributed by atoms with Gasteiger partial charge in [0, 0.05) is 24.0 Å². The number of ether oxygens (including phenoxy) is 1. The normalized spacial score (nSPS) is 10.3. The number of hydrogen-bond donors (Lipinski definition) is 0. The van der Waals surface area contributed by atoms with Crippen LogP contribution in [0.25, 0.3) is 11.1 Å². The van der Waals surface area contributed by atoms with Gasteiger partial charge in [-0.2, -0.15) is 0 Å². The highest BCUT2D eigenvalue weighted by Gasteiger charge is 2.08. The van der Waals surface area contributed by atoms with Crippen LogP contribution in [0.3, 0.4) is 0 Å². The van der Waals surface area contributed by atoms with Crippen LogP contribution in [0.4, 0.5) is 11.4 Å². The van der Waals surface area contributed by atoms with Crippen LogP contribution in [0.15, 0.2) is 91.5 Å². The first kappa shape index (κ1) is 18.5. The molecular weight excluding hydrogens is 334 g/mol. The zero-order chi connectivity index (χ0) is 19.1. The van der Waals surface area contributed by atoms with Gasteiger partial charge < -0.3 is 9.64 Å². The topological polar surface area (TPSA) is 29.5 Å². The van der Waals surface area contributed by atoms with E-state index in [9.17, 15) is 4.79 Å². The Bertz CT molecular complexity index is 884. The Morgan fingerprint density at radius 2 is 1.44 bits per heavy atom. The maximum absolute atomic E-state index is 11.2. The molecule has 0 heterocycles. The first-order valence-corrected chi connectivity index (χ1v) is 9.02. The second kappa shape index (κ2) is 8.86. The van der Waals surface area contributed by atoms with E-state index < -0.39 is 5.97 Å². The Morgan fingerprint density at radius 1 is 0.889 bits per heavy atom. The molecule has 3 rings (SSSR count). The van der Waals surface area contributed by atoms with E-state index in [1.54, 1.807) is 0 Å². The summed E-state index contributed by atoms with van der Waals surface area (Å²) in [4.78, 5) is 13.4. The number of hydrogen-bond acceptors (Lipinski definition) is 3. The first-order valence-electron chi connectivity index (χ1n) is 9.02. The number of anilines is 2. The van der Waals surface area contributed by atoms with Crippen molar-refractivity contribution in [2.75, 3.05) is 11.4 Å². The van der Waals surface area contributed by atoms with Gasteiger partial charge in [0.05, 0.1) is 0 Å². The first-order chi connectivity index (χ1) is 13.2. The van der Waals surface area contributed by atoms with Gasteiger partial charge in [0.25, 0.3) is 0 Å². The van der Waals surface area contributed by atoms with Gasteiger partial charge >= 0.3 is 5.97 Å². The molecule has 0 aliphatic heterocycles. The highest BCUT2D eigenvalue weighted by Crippen LogP contribution is 2.28. The highest BCUT2D eigenvalue weighted by atomic mass is 16.5. The molecular formula is C24H23NO2. The number of nitrogens with zero attached hydrogens (tertiary/aromatic N) is 1. The molecule has 0 fully saturated rings. The number of esters is 1. The Balaban J connectivity index is 1.74. The summed E-state index contributed by atoms with van der Waals surface area (Å²) in [5.74, 6) is -0.409. The van der Waals surface area contributed by atoms with Crippen LogP contribution in [0.5, 0.6) is 0 Å². The third-order valence-corrected chi connectivity index (χ3v) is 4.40. The summed E-state index contributed by atoms with van der Waals surface area (Å²) in [5, 5.41) is 0. The minimum Gasteiger partial charge on any atom is -0.458 e. The monoisotopic (exact) mass is 357 g/mol. The summed E-state index contributed by atoms with van der Waals surface area (Å²) >= 11 is 0. The van der Waals surface area contributed by atoms with Crippen molar-refractivity contribution in [1.82, 2.24) is 0 Å². The molecule has 3 aromatic carbocycles. The van der Waals surface area contributed by atoms with Crippen molar-refractivity contribution in [1.29, 1.82) is 0 Å². The molecule has 0 radical (unpaired) electrons. The fourth-order valence-corrected chi connectivity index (χ4v) is 2.96. The number of carbonyl (C=O) groups excluding carboxylic acids is 1. The van der Waals surface area contributed by atoms with Gasteiger partial charge in [-0.3, -0.25) is 0 Å². The molecule has 3 aromatic rings. The van der Waals surface area contributed by atoms with Crippen LogP contribution in [-0.4, -0.2) is 12.5 Å². The molecule has 0 saturated carbocycles. The molecule has 136 valence electrons. The third kappa shape index (κ3) is 4.64. The van der Waals surface area contributed by atoms with Crippen molar-refractivity contribution in [2.24, 2.45) is 0 Å². The zero-order valence-electron chi connectivity index (χ0n) is 15.5. The van der Waals surface area contributed by atoms with Crippen molar-refractivity contribution < 1.29 is 9.53 Å². The molecule has 0 atom stereocenters.